The lowest BCUT2D eigenvalue weighted by atomic mass is 10.1. The Morgan fingerprint density at radius 1 is 1.19 bits per heavy atom. The summed E-state index contributed by atoms with van der Waals surface area (Å²) in [5.74, 6) is -0.0651. The molecule has 1 aromatic heterocycles. The van der Waals surface area contributed by atoms with Crippen LogP contribution in [0, 0.1) is 10.1 Å². The molecule has 1 heterocycles. The Morgan fingerprint density at radius 2 is 1.88 bits per heavy atom. The third-order valence-electron chi connectivity index (χ3n) is 2.20. The average molecular weight is 215 g/mol. The van der Waals surface area contributed by atoms with Crippen LogP contribution in [0.5, 0.6) is 0 Å². The Labute approximate surface area is 91.7 Å². The van der Waals surface area contributed by atoms with Gasteiger partial charge in [-0.3, -0.25) is 10.1 Å². The van der Waals surface area contributed by atoms with E-state index in [2.05, 4.69) is 4.98 Å². The number of nitrogens with zero attached hydrogens (tertiary/aromatic N) is 2. The molecular weight excluding hydrogens is 206 g/mol. The van der Waals surface area contributed by atoms with Crippen molar-refractivity contribution in [2.75, 3.05) is 5.73 Å². The highest BCUT2D eigenvalue weighted by Gasteiger charge is 2.13. The van der Waals surface area contributed by atoms with E-state index in [0.29, 0.717) is 5.56 Å². The Balaban J connectivity index is 2.52. The normalized spacial score (nSPS) is 10.0. The number of anilines is 1. The Hall–Kier alpha value is -2.43. The van der Waals surface area contributed by atoms with Gasteiger partial charge < -0.3 is 5.73 Å². The molecule has 0 fully saturated rings. The smallest absolute Gasteiger partial charge is 0.311 e. The van der Waals surface area contributed by atoms with Crippen LogP contribution >= 0.6 is 0 Å². The summed E-state index contributed by atoms with van der Waals surface area (Å²) >= 11 is 0. The summed E-state index contributed by atoms with van der Waals surface area (Å²) in [5, 5.41) is 10.7. The molecule has 0 bridgehead atoms. The minimum atomic E-state index is -0.533. The molecule has 0 aliphatic heterocycles. The first-order valence-corrected chi connectivity index (χ1v) is 4.64. The molecule has 16 heavy (non-hydrogen) atoms. The lowest BCUT2D eigenvalue weighted by Gasteiger charge is -2.01. The summed E-state index contributed by atoms with van der Waals surface area (Å²) in [7, 11) is 0. The van der Waals surface area contributed by atoms with Gasteiger partial charge in [-0.05, 0) is 5.56 Å². The fraction of sp³-hybridized carbons (Fsp3) is 0. The van der Waals surface area contributed by atoms with Crippen LogP contribution in [0.15, 0.2) is 42.6 Å². The third kappa shape index (κ3) is 1.83. The van der Waals surface area contributed by atoms with E-state index in [0.717, 1.165) is 5.56 Å². The zero-order valence-electron chi connectivity index (χ0n) is 8.33. The number of rotatable bonds is 2. The number of nitro groups is 1. The van der Waals surface area contributed by atoms with E-state index in [1.807, 2.05) is 30.3 Å². The van der Waals surface area contributed by atoms with E-state index in [1.54, 1.807) is 0 Å². The molecular formula is C11H9N3O2. The minimum Gasteiger partial charge on any atom is -0.378 e. The highest BCUT2D eigenvalue weighted by molar-refractivity contribution is 5.68. The number of aromatic nitrogens is 1. The zero-order chi connectivity index (χ0) is 11.5. The number of pyridine rings is 1. The number of nitrogen functional groups attached to an aromatic ring is 1. The van der Waals surface area contributed by atoms with Crippen molar-refractivity contribution in [3.63, 3.8) is 0 Å². The number of hydrogen-bond acceptors (Lipinski definition) is 4. The van der Waals surface area contributed by atoms with Crippen molar-refractivity contribution in [2.45, 2.75) is 0 Å². The van der Waals surface area contributed by atoms with Crippen molar-refractivity contribution in [1.82, 2.24) is 4.98 Å². The largest absolute Gasteiger partial charge is 0.378 e. The lowest BCUT2D eigenvalue weighted by molar-refractivity contribution is -0.384. The first kappa shape index (κ1) is 10.1. The van der Waals surface area contributed by atoms with Crippen LogP contribution in [0.3, 0.4) is 0 Å². The average Bonchev–Trinajstić information content (AvgIpc) is 2.30. The summed E-state index contributed by atoms with van der Waals surface area (Å²) in [4.78, 5) is 14.0. The number of nitrogens with two attached hydrogens (primary N) is 1. The monoisotopic (exact) mass is 215 g/mol. The molecule has 2 aromatic rings. The van der Waals surface area contributed by atoms with Crippen LogP contribution in [0.25, 0.3) is 11.1 Å². The van der Waals surface area contributed by atoms with Gasteiger partial charge in [0.25, 0.3) is 0 Å². The van der Waals surface area contributed by atoms with Crippen molar-refractivity contribution < 1.29 is 4.92 Å². The number of benzene rings is 1. The molecule has 0 amide bonds. The molecule has 0 saturated carbocycles. The molecule has 0 unspecified atom stereocenters. The van der Waals surface area contributed by atoms with E-state index < -0.39 is 4.92 Å². The molecule has 80 valence electrons. The molecule has 0 spiro atoms. The molecule has 0 aliphatic rings. The Bertz CT molecular complexity index is 526. The van der Waals surface area contributed by atoms with Crippen LogP contribution in [0.2, 0.25) is 0 Å². The second-order valence-corrected chi connectivity index (χ2v) is 3.25. The summed E-state index contributed by atoms with van der Waals surface area (Å²) in [5.41, 5.74) is 6.81. The Kier molecular flexibility index (Phi) is 2.51. The second kappa shape index (κ2) is 3.98. The predicted octanol–water partition coefficient (Wildman–Crippen LogP) is 2.24. The maximum absolute atomic E-state index is 10.7. The summed E-state index contributed by atoms with van der Waals surface area (Å²) in [6.07, 6.45) is 1.53. The zero-order valence-corrected chi connectivity index (χ0v) is 8.33. The highest BCUT2D eigenvalue weighted by Crippen LogP contribution is 2.26. The van der Waals surface area contributed by atoms with Crippen LogP contribution in [0.1, 0.15) is 0 Å². The molecule has 0 saturated heterocycles. The van der Waals surface area contributed by atoms with Crippen molar-refractivity contribution in [3.8, 4) is 11.1 Å². The molecule has 2 N–H and O–H groups in total. The molecule has 5 nitrogen and oxygen atoms in total. The molecule has 0 atom stereocenters. The van der Waals surface area contributed by atoms with Crippen LogP contribution in [0.4, 0.5) is 11.5 Å². The Morgan fingerprint density at radius 3 is 2.50 bits per heavy atom. The van der Waals surface area contributed by atoms with Crippen molar-refractivity contribution in [3.05, 3.63) is 52.7 Å². The maximum Gasteiger partial charge on any atom is 0.311 e. The fourth-order valence-electron chi connectivity index (χ4n) is 1.40. The van der Waals surface area contributed by atoms with Gasteiger partial charge in [-0.1, -0.05) is 30.3 Å². The highest BCUT2D eigenvalue weighted by atomic mass is 16.6. The van der Waals surface area contributed by atoms with Gasteiger partial charge in [0.15, 0.2) is 0 Å². The fourth-order valence-corrected chi connectivity index (χ4v) is 1.40. The molecule has 1 aromatic carbocycles. The molecule has 0 radical (unpaired) electrons. The van der Waals surface area contributed by atoms with Crippen LogP contribution < -0.4 is 5.73 Å². The van der Waals surface area contributed by atoms with Crippen LogP contribution in [-0.2, 0) is 0 Å². The quantitative estimate of drug-likeness (QED) is 0.615. The van der Waals surface area contributed by atoms with Gasteiger partial charge in [-0.15, -0.1) is 0 Å². The first-order valence-electron chi connectivity index (χ1n) is 4.64. The van der Waals surface area contributed by atoms with Gasteiger partial charge in [-0.2, -0.15) is 0 Å². The molecule has 5 heteroatoms. The van der Waals surface area contributed by atoms with E-state index in [-0.39, 0.29) is 11.5 Å². The van der Waals surface area contributed by atoms with Crippen molar-refractivity contribution in [2.24, 2.45) is 0 Å². The van der Waals surface area contributed by atoms with E-state index >= 15 is 0 Å². The second-order valence-electron chi connectivity index (χ2n) is 3.25. The third-order valence-corrected chi connectivity index (χ3v) is 2.20. The van der Waals surface area contributed by atoms with E-state index in [1.165, 1.54) is 12.3 Å². The molecule has 0 aliphatic carbocycles. The van der Waals surface area contributed by atoms with E-state index in [4.69, 9.17) is 5.73 Å². The van der Waals surface area contributed by atoms with Gasteiger partial charge >= 0.3 is 5.69 Å². The van der Waals surface area contributed by atoms with Crippen molar-refractivity contribution >= 4 is 11.5 Å². The van der Waals surface area contributed by atoms with E-state index in [9.17, 15) is 10.1 Å². The summed E-state index contributed by atoms with van der Waals surface area (Å²) in [6.45, 7) is 0. The van der Waals surface area contributed by atoms with Gasteiger partial charge in [0.2, 0.25) is 5.82 Å². The van der Waals surface area contributed by atoms with Crippen molar-refractivity contribution in [1.29, 1.82) is 0 Å². The SMILES string of the molecule is Nc1ncc(-c2ccccc2)cc1[N+](=O)[O-]. The lowest BCUT2D eigenvalue weighted by Crippen LogP contribution is -1.98. The van der Waals surface area contributed by atoms with Crippen LogP contribution in [-0.4, -0.2) is 9.91 Å². The minimum absolute atomic E-state index is 0.0651. The molecule has 2 rings (SSSR count). The summed E-state index contributed by atoms with van der Waals surface area (Å²) < 4.78 is 0. The van der Waals surface area contributed by atoms with Gasteiger partial charge in [0.05, 0.1) is 4.92 Å². The van der Waals surface area contributed by atoms with Gasteiger partial charge in [0.1, 0.15) is 0 Å². The summed E-state index contributed by atoms with van der Waals surface area (Å²) in [6, 6.07) is 10.7. The number of hydrogen-bond donors (Lipinski definition) is 1. The predicted molar refractivity (Wildman–Crippen MR) is 60.7 cm³/mol. The first-order chi connectivity index (χ1) is 7.68. The maximum atomic E-state index is 10.7. The van der Waals surface area contributed by atoms with Gasteiger partial charge in [-0.25, -0.2) is 4.98 Å². The standard InChI is InChI=1S/C11H9N3O2/c12-11-10(14(15)16)6-9(7-13-11)8-4-2-1-3-5-8/h1-7H,(H2,12,13). The topological polar surface area (TPSA) is 82.0 Å². The van der Waals surface area contributed by atoms with Gasteiger partial charge in [0, 0.05) is 17.8 Å².